The van der Waals surface area contributed by atoms with Crippen LogP contribution in [0.25, 0.3) is 22.4 Å². The number of hydrogen-bond donors (Lipinski definition) is 3. The number of carbonyl (C=O) groups excluding carboxylic acids is 3. The maximum absolute atomic E-state index is 15.3. The summed E-state index contributed by atoms with van der Waals surface area (Å²) in [4.78, 5) is 42.1. The lowest BCUT2D eigenvalue weighted by molar-refractivity contribution is -0.131. The number of likely N-dealkylation sites (N-methyl/N-ethyl adjacent to an activating group) is 1. The van der Waals surface area contributed by atoms with E-state index in [1.807, 2.05) is 19.1 Å². The molecule has 336 valence electrons. The van der Waals surface area contributed by atoms with Crippen molar-refractivity contribution in [2.75, 3.05) is 39.7 Å². The first-order valence-electron chi connectivity index (χ1n) is 22.1. The second-order valence-corrected chi connectivity index (χ2v) is 16.8. The van der Waals surface area contributed by atoms with Gasteiger partial charge in [-0.1, -0.05) is 97.7 Å². The minimum Gasteiger partial charge on any atom is -0.481 e. The molecule has 3 unspecified atom stereocenters. The van der Waals surface area contributed by atoms with E-state index in [0.29, 0.717) is 51.4 Å². The van der Waals surface area contributed by atoms with Crippen LogP contribution in [0, 0.1) is 24.6 Å². The van der Waals surface area contributed by atoms with Crippen LogP contribution < -0.4 is 20.8 Å². The van der Waals surface area contributed by atoms with Gasteiger partial charge in [0.05, 0.1) is 17.8 Å². The fourth-order valence-electron chi connectivity index (χ4n) is 7.54. The third-order valence-corrected chi connectivity index (χ3v) is 12.7. The second-order valence-electron chi connectivity index (χ2n) is 16.4. The fraction of sp³-hybridized carbons (Fsp3) is 0.551. The van der Waals surface area contributed by atoms with Crippen molar-refractivity contribution >= 4 is 35.0 Å². The molecular formula is C49H71ClFN5O5. The van der Waals surface area contributed by atoms with Crippen molar-refractivity contribution in [2.45, 2.75) is 132 Å². The first kappa shape index (κ1) is 51.0. The highest BCUT2D eigenvalue weighted by Gasteiger charge is 2.30. The summed E-state index contributed by atoms with van der Waals surface area (Å²) in [5.41, 5.74) is 8.09. The number of pyridine rings is 1. The number of benzene rings is 2. The molecule has 0 saturated heterocycles. The van der Waals surface area contributed by atoms with E-state index >= 15 is 4.39 Å². The lowest BCUT2D eigenvalue weighted by atomic mass is 9.84. The van der Waals surface area contributed by atoms with Crippen molar-refractivity contribution in [3.63, 3.8) is 0 Å². The highest BCUT2D eigenvalue weighted by molar-refractivity contribution is 6.36. The summed E-state index contributed by atoms with van der Waals surface area (Å²) in [6.07, 6.45) is 11.1. The number of methoxy groups -OCH3 is 2. The van der Waals surface area contributed by atoms with Gasteiger partial charge in [-0.2, -0.15) is 0 Å². The number of nitrogens with one attached hydrogen (secondary N) is 3. The lowest BCUT2D eigenvalue weighted by Crippen LogP contribution is -2.49. The maximum atomic E-state index is 15.3. The maximum Gasteiger partial charge on any atom is 0.273 e. The van der Waals surface area contributed by atoms with Crippen LogP contribution in [-0.2, 0) is 25.5 Å². The topological polar surface area (TPSA) is 122 Å². The Morgan fingerprint density at radius 3 is 2.34 bits per heavy atom. The number of halogens is 2. The summed E-state index contributed by atoms with van der Waals surface area (Å²) in [5, 5.41) is 7.68. The molecule has 3 amide bonds. The number of fused-ring (bicyclic) bond motifs is 1. The minimum atomic E-state index is -0.562. The zero-order valence-corrected chi connectivity index (χ0v) is 39.5. The molecule has 0 radical (unpaired) electrons. The smallest absolute Gasteiger partial charge is 0.273 e. The molecule has 2 heterocycles. The summed E-state index contributed by atoms with van der Waals surface area (Å²) >= 11 is 6.91. The molecule has 1 aromatic heterocycles. The van der Waals surface area contributed by atoms with Crippen molar-refractivity contribution in [1.29, 1.82) is 0 Å². The molecule has 1 aliphatic heterocycles. The number of amides is 3. The summed E-state index contributed by atoms with van der Waals surface area (Å²) < 4.78 is 25.6. The average Bonchev–Trinajstić information content (AvgIpc) is 3.64. The number of hydrogen-bond acceptors (Lipinski definition) is 7. The molecule has 0 saturated carbocycles. The van der Waals surface area contributed by atoms with Crippen molar-refractivity contribution in [2.24, 2.45) is 11.8 Å². The van der Waals surface area contributed by atoms with Crippen LogP contribution in [0.4, 0.5) is 10.1 Å². The van der Waals surface area contributed by atoms with Crippen molar-refractivity contribution in [3.8, 4) is 28.3 Å². The van der Waals surface area contributed by atoms with Crippen molar-refractivity contribution in [3.05, 3.63) is 75.6 Å². The van der Waals surface area contributed by atoms with Crippen molar-refractivity contribution < 1.29 is 28.2 Å². The molecule has 5 rings (SSSR count). The van der Waals surface area contributed by atoms with E-state index in [0.717, 1.165) is 63.0 Å². The predicted molar refractivity (Wildman–Crippen MR) is 247 cm³/mol. The third-order valence-electron chi connectivity index (χ3n) is 12.3. The van der Waals surface area contributed by atoms with Gasteiger partial charge in [0.25, 0.3) is 11.8 Å². The number of anilines is 1. The highest BCUT2D eigenvalue weighted by atomic mass is 35.5. The van der Waals surface area contributed by atoms with Crippen LogP contribution in [0.15, 0.2) is 48.0 Å². The summed E-state index contributed by atoms with van der Waals surface area (Å²) in [5.74, 6) is 0.575. The van der Waals surface area contributed by atoms with Crippen LogP contribution >= 0.6 is 11.6 Å². The Kier molecular flexibility index (Phi) is 20.4. The van der Waals surface area contributed by atoms with E-state index in [2.05, 4.69) is 64.5 Å². The van der Waals surface area contributed by atoms with Gasteiger partial charge in [0.2, 0.25) is 11.8 Å². The predicted octanol–water partition coefficient (Wildman–Crippen LogP) is 11.0. The van der Waals surface area contributed by atoms with Crippen LogP contribution in [0.5, 0.6) is 5.88 Å². The Balaban J connectivity index is 0.000000361. The Morgan fingerprint density at radius 1 is 1.07 bits per heavy atom. The number of aromatic nitrogens is 1. The molecule has 2 aromatic carbocycles. The summed E-state index contributed by atoms with van der Waals surface area (Å²) in [6, 6.07) is 10.2. The Bertz CT molecular complexity index is 1980. The number of rotatable bonds is 16. The Labute approximate surface area is 369 Å². The summed E-state index contributed by atoms with van der Waals surface area (Å²) in [7, 11) is 4.87. The number of nitrogens with zero attached hydrogens (tertiary/aromatic N) is 2. The monoisotopic (exact) mass is 864 g/mol. The van der Waals surface area contributed by atoms with E-state index in [9.17, 15) is 14.4 Å². The molecule has 61 heavy (non-hydrogen) atoms. The van der Waals surface area contributed by atoms with Gasteiger partial charge in [-0.25, -0.2) is 14.8 Å². The molecule has 2 aliphatic rings. The van der Waals surface area contributed by atoms with Gasteiger partial charge in [-0.15, -0.1) is 0 Å². The van der Waals surface area contributed by atoms with Crippen LogP contribution in [0.3, 0.4) is 0 Å². The quantitative estimate of drug-likeness (QED) is 0.123. The molecule has 3 N–H and O–H groups in total. The third kappa shape index (κ3) is 13.1. The molecule has 0 spiro atoms. The standard InChI is InChI=1S/C29H28ClFN4O3.C16H33NO.C4H10O/c1-15-8-9-17-14-23(34-28(38-4)24(15)17)18-6-5-7-19(26(18)30)25-16(2)22(11-10-21(25)31)33-27(36)20-12-13-32-35(3)29(20)37;1-7-13(5)11-12-16(9-3,10-4)17-15(18)14(6)8-2;1-3-4-5-2/h5-7,10-12,14-15,32H,8-9,13H2,1-4H3,(H,33,36);13-14H,7-12H2,1-6H3,(H,17,18);3-4H2,1-2H3. The van der Waals surface area contributed by atoms with Gasteiger partial charge in [-0.3, -0.25) is 19.4 Å². The van der Waals surface area contributed by atoms with E-state index < -0.39 is 17.6 Å². The molecule has 1 aliphatic carbocycles. The van der Waals surface area contributed by atoms with Crippen LogP contribution in [0.1, 0.15) is 129 Å². The fourth-order valence-corrected chi connectivity index (χ4v) is 7.86. The number of ether oxygens (including phenoxy) is 2. The largest absolute Gasteiger partial charge is 0.481 e. The average molecular weight is 865 g/mol. The number of carbonyl (C=O) groups is 3. The zero-order valence-electron chi connectivity index (χ0n) is 38.7. The molecule has 0 fully saturated rings. The van der Waals surface area contributed by atoms with Gasteiger partial charge in [0, 0.05) is 66.7 Å². The molecule has 3 atom stereocenters. The van der Waals surface area contributed by atoms with E-state index in [-0.39, 0.29) is 28.5 Å². The number of hydrazine groups is 1. The number of aryl methyl sites for hydroxylation is 1. The molecular weight excluding hydrogens is 793 g/mol. The first-order valence-corrected chi connectivity index (χ1v) is 22.4. The van der Waals surface area contributed by atoms with Gasteiger partial charge >= 0.3 is 0 Å². The van der Waals surface area contributed by atoms with Gasteiger partial charge in [0.15, 0.2) is 0 Å². The van der Waals surface area contributed by atoms with Crippen molar-refractivity contribution in [1.82, 2.24) is 20.7 Å². The first-order chi connectivity index (χ1) is 29.1. The zero-order chi connectivity index (χ0) is 45.4. The molecule has 0 bridgehead atoms. The minimum absolute atomic E-state index is 0.0162. The molecule has 12 heteroatoms. The van der Waals surface area contributed by atoms with E-state index in [1.54, 1.807) is 40.3 Å². The SMILES string of the molecule is CCC(C)CCC(CC)(CC)NC(=O)C(C)CC.CCCOC.COc1nc(-c2cccc(-c3c(F)ccc(NC(=O)C4=CCNN(C)C4=O)c3C)c2Cl)cc2c1C(C)CC2. The van der Waals surface area contributed by atoms with Gasteiger partial charge < -0.3 is 20.1 Å². The van der Waals surface area contributed by atoms with Gasteiger partial charge in [-0.05, 0) is 99.5 Å². The van der Waals surface area contributed by atoms with E-state index in [1.165, 1.54) is 41.6 Å². The normalized spacial score (nSPS) is 15.6. The Morgan fingerprint density at radius 2 is 1.75 bits per heavy atom. The highest BCUT2D eigenvalue weighted by Crippen LogP contribution is 2.44. The second kappa shape index (κ2) is 24.4. The molecule has 10 nitrogen and oxygen atoms in total. The molecule has 3 aromatic rings. The lowest BCUT2D eigenvalue weighted by Gasteiger charge is -2.35. The van der Waals surface area contributed by atoms with Gasteiger partial charge in [0.1, 0.15) is 11.4 Å². The Hall–Kier alpha value is -4.32. The van der Waals surface area contributed by atoms with Crippen LogP contribution in [0.2, 0.25) is 5.02 Å². The van der Waals surface area contributed by atoms with E-state index in [4.69, 9.17) is 26.1 Å². The summed E-state index contributed by atoms with van der Waals surface area (Å²) in [6.45, 7) is 20.2. The van der Waals surface area contributed by atoms with Crippen LogP contribution in [-0.4, -0.2) is 67.7 Å².